The molecule has 1 aliphatic heterocycles. The molecule has 1 saturated carbocycles. The average molecular weight is 399 g/mol. The molecule has 6 nitrogen and oxygen atoms in total. The first-order valence-electron chi connectivity index (χ1n) is 10.4. The van der Waals surface area contributed by atoms with Crippen molar-refractivity contribution < 1.29 is 0 Å². The topological polar surface area (TPSA) is 67.1 Å². The van der Waals surface area contributed by atoms with Crippen LogP contribution in [0.4, 0.5) is 0 Å². The average Bonchev–Trinajstić information content (AvgIpc) is 3.37. The molecule has 2 heterocycles. The molecule has 1 aromatic heterocycles. The van der Waals surface area contributed by atoms with Crippen LogP contribution >= 0.6 is 11.8 Å². The van der Waals surface area contributed by atoms with Crippen LogP contribution in [0.15, 0.2) is 46.5 Å². The van der Waals surface area contributed by atoms with E-state index in [1.165, 1.54) is 30.6 Å². The van der Waals surface area contributed by atoms with Crippen LogP contribution in [0.1, 0.15) is 44.9 Å². The van der Waals surface area contributed by atoms with Crippen LogP contribution in [0.3, 0.4) is 0 Å². The van der Waals surface area contributed by atoms with E-state index in [-0.39, 0.29) is 4.75 Å². The van der Waals surface area contributed by atoms with Crippen molar-refractivity contribution in [2.45, 2.75) is 67.7 Å². The molecule has 2 N–H and O–H groups in total. The number of aliphatic imine (C=N–C) groups is 1. The second-order valence-corrected chi connectivity index (χ2v) is 9.28. The summed E-state index contributed by atoms with van der Waals surface area (Å²) in [4.78, 5) is 10.7. The van der Waals surface area contributed by atoms with E-state index < -0.39 is 0 Å². The Morgan fingerprint density at radius 3 is 2.89 bits per heavy atom. The van der Waals surface area contributed by atoms with Gasteiger partial charge in [0.2, 0.25) is 0 Å². The van der Waals surface area contributed by atoms with Crippen LogP contribution in [0.2, 0.25) is 0 Å². The fourth-order valence-electron chi connectivity index (χ4n) is 4.14. The number of rotatable bonds is 6. The van der Waals surface area contributed by atoms with Gasteiger partial charge < -0.3 is 10.6 Å². The number of benzene rings is 1. The van der Waals surface area contributed by atoms with Gasteiger partial charge in [-0.3, -0.25) is 4.99 Å². The van der Waals surface area contributed by atoms with Crippen molar-refractivity contribution >= 4 is 17.7 Å². The highest BCUT2D eigenvalue weighted by molar-refractivity contribution is 8.00. The number of hydrogen-bond donors (Lipinski definition) is 2. The molecule has 0 saturated heterocycles. The Labute approximate surface area is 171 Å². The monoisotopic (exact) mass is 398 g/mol. The molecule has 1 fully saturated rings. The fourth-order valence-corrected chi connectivity index (χ4v) is 5.56. The van der Waals surface area contributed by atoms with Gasteiger partial charge in [-0.2, -0.15) is 5.10 Å². The van der Waals surface area contributed by atoms with Crippen molar-refractivity contribution in [1.29, 1.82) is 0 Å². The number of guanidine groups is 1. The number of hydrogen-bond acceptors (Lipinski definition) is 4. The summed E-state index contributed by atoms with van der Waals surface area (Å²) in [5, 5.41) is 11.4. The molecule has 28 heavy (non-hydrogen) atoms. The third-order valence-corrected chi connectivity index (χ3v) is 7.09. The van der Waals surface area contributed by atoms with E-state index in [1.807, 2.05) is 16.4 Å². The Hall–Kier alpha value is -2.02. The molecule has 2 aromatic rings. The van der Waals surface area contributed by atoms with Crippen molar-refractivity contribution in [3.8, 4) is 0 Å². The van der Waals surface area contributed by atoms with Crippen molar-refractivity contribution in [1.82, 2.24) is 25.4 Å². The van der Waals surface area contributed by atoms with Gasteiger partial charge >= 0.3 is 0 Å². The molecule has 2 aliphatic rings. The zero-order valence-electron chi connectivity index (χ0n) is 16.6. The maximum Gasteiger partial charge on any atom is 0.191 e. The number of nitrogens with one attached hydrogen (secondary N) is 2. The Bertz CT molecular complexity index is 781. The second-order valence-electron chi connectivity index (χ2n) is 7.74. The summed E-state index contributed by atoms with van der Waals surface area (Å²) in [7, 11) is 0. The highest BCUT2D eigenvalue weighted by Gasteiger charge is 2.35. The third kappa shape index (κ3) is 4.69. The number of aryl methyl sites for hydroxylation is 1. The van der Waals surface area contributed by atoms with Crippen LogP contribution < -0.4 is 10.6 Å². The predicted octanol–water partition coefficient (Wildman–Crippen LogP) is 3.25. The number of thioether (sulfide) groups is 1. The molecule has 0 bridgehead atoms. The van der Waals surface area contributed by atoms with E-state index in [2.05, 4.69) is 58.0 Å². The van der Waals surface area contributed by atoms with Crippen LogP contribution in [-0.2, 0) is 13.0 Å². The van der Waals surface area contributed by atoms with Crippen molar-refractivity contribution in [3.05, 3.63) is 42.5 Å². The van der Waals surface area contributed by atoms with E-state index in [4.69, 9.17) is 4.99 Å². The molecule has 4 rings (SSSR count). The Morgan fingerprint density at radius 1 is 1.29 bits per heavy atom. The van der Waals surface area contributed by atoms with Crippen LogP contribution in [0, 0.1) is 0 Å². The van der Waals surface area contributed by atoms with Gasteiger partial charge in [-0.25, -0.2) is 9.67 Å². The third-order valence-electron chi connectivity index (χ3n) is 5.61. The first kappa shape index (κ1) is 19.3. The standard InChI is InChI=1S/C21H30N6S/c1-2-22-20(26-17-10-11-19-24-16-25-27(19)14-17)23-15-21(12-6-7-13-21)28-18-8-4-3-5-9-18/h3-5,8-9,16-17H,2,6-7,10-15H2,1H3,(H2,22,23,26). The Morgan fingerprint density at radius 2 is 2.11 bits per heavy atom. The molecule has 0 amide bonds. The zero-order chi connectivity index (χ0) is 19.2. The van der Waals surface area contributed by atoms with Gasteiger partial charge in [0.1, 0.15) is 12.2 Å². The van der Waals surface area contributed by atoms with E-state index in [0.29, 0.717) is 6.04 Å². The number of fused-ring (bicyclic) bond motifs is 1. The van der Waals surface area contributed by atoms with Gasteiger partial charge in [-0.1, -0.05) is 31.0 Å². The highest BCUT2D eigenvalue weighted by Crippen LogP contribution is 2.45. The first-order chi connectivity index (χ1) is 13.8. The van der Waals surface area contributed by atoms with Crippen molar-refractivity contribution in [2.24, 2.45) is 4.99 Å². The molecule has 7 heteroatoms. The quantitative estimate of drug-likeness (QED) is 0.578. The van der Waals surface area contributed by atoms with Gasteiger partial charge in [0.05, 0.1) is 13.1 Å². The van der Waals surface area contributed by atoms with Gasteiger partial charge in [0.25, 0.3) is 0 Å². The molecule has 0 spiro atoms. The molecular formula is C21H30N6S. The summed E-state index contributed by atoms with van der Waals surface area (Å²) in [5.41, 5.74) is 0. The lowest BCUT2D eigenvalue weighted by Gasteiger charge is -2.28. The normalized spacial score (nSPS) is 21.3. The minimum absolute atomic E-state index is 0.218. The minimum Gasteiger partial charge on any atom is -0.357 e. The smallest absolute Gasteiger partial charge is 0.191 e. The predicted molar refractivity (Wildman–Crippen MR) is 115 cm³/mol. The summed E-state index contributed by atoms with van der Waals surface area (Å²) in [6.45, 7) is 4.69. The number of nitrogens with zero attached hydrogens (tertiary/aromatic N) is 4. The zero-order valence-corrected chi connectivity index (χ0v) is 17.4. The first-order valence-corrected chi connectivity index (χ1v) is 11.2. The van der Waals surface area contributed by atoms with Gasteiger partial charge in [0, 0.05) is 28.6 Å². The van der Waals surface area contributed by atoms with Gasteiger partial charge in [-0.05, 0) is 38.3 Å². The molecule has 0 radical (unpaired) electrons. The van der Waals surface area contributed by atoms with E-state index in [0.717, 1.165) is 44.3 Å². The molecule has 1 unspecified atom stereocenters. The molecule has 1 aliphatic carbocycles. The van der Waals surface area contributed by atoms with Gasteiger partial charge in [0.15, 0.2) is 5.96 Å². The maximum atomic E-state index is 5.03. The van der Waals surface area contributed by atoms with Crippen LogP contribution in [0.5, 0.6) is 0 Å². The van der Waals surface area contributed by atoms with Crippen molar-refractivity contribution in [3.63, 3.8) is 0 Å². The van der Waals surface area contributed by atoms with Gasteiger partial charge in [-0.15, -0.1) is 11.8 Å². The Kier molecular flexibility index (Phi) is 6.20. The van der Waals surface area contributed by atoms with Crippen LogP contribution in [0.25, 0.3) is 0 Å². The fraction of sp³-hybridized carbons (Fsp3) is 0.571. The summed E-state index contributed by atoms with van der Waals surface area (Å²) in [5.74, 6) is 2.01. The molecule has 1 aromatic carbocycles. The van der Waals surface area contributed by atoms with Crippen molar-refractivity contribution in [2.75, 3.05) is 13.1 Å². The van der Waals surface area contributed by atoms with E-state index in [9.17, 15) is 0 Å². The van der Waals surface area contributed by atoms with E-state index >= 15 is 0 Å². The lowest BCUT2D eigenvalue weighted by atomic mass is 10.1. The maximum absolute atomic E-state index is 5.03. The largest absolute Gasteiger partial charge is 0.357 e. The molecular weight excluding hydrogens is 368 g/mol. The summed E-state index contributed by atoms with van der Waals surface area (Å²) in [6.07, 6.45) is 8.76. The SMILES string of the molecule is CCNC(=NCC1(Sc2ccccc2)CCCC1)NC1CCc2ncnn2C1. The van der Waals surface area contributed by atoms with E-state index in [1.54, 1.807) is 6.33 Å². The lowest BCUT2D eigenvalue weighted by molar-refractivity contribution is 0.392. The lowest BCUT2D eigenvalue weighted by Crippen LogP contribution is -2.47. The molecule has 1 atom stereocenters. The summed E-state index contributed by atoms with van der Waals surface area (Å²) < 4.78 is 2.23. The van der Waals surface area contributed by atoms with Crippen LogP contribution in [-0.4, -0.2) is 44.6 Å². The number of aromatic nitrogens is 3. The minimum atomic E-state index is 0.218. The molecule has 150 valence electrons. The summed E-state index contributed by atoms with van der Waals surface area (Å²) in [6, 6.07) is 11.1. The Balaban J connectivity index is 1.43. The summed E-state index contributed by atoms with van der Waals surface area (Å²) >= 11 is 2.01. The highest BCUT2D eigenvalue weighted by atomic mass is 32.2. The second kappa shape index (κ2) is 8.99.